The first-order chi connectivity index (χ1) is 14.0. The van der Waals surface area contributed by atoms with Gasteiger partial charge in [-0.1, -0.05) is 12.1 Å². The molecule has 0 aliphatic carbocycles. The highest BCUT2D eigenvalue weighted by Gasteiger charge is 2.25. The highest BCUT2D eigenvalue weighted by Crippen LogP contribution is 2.22. The predicted molar refractivity (Wildman–Crippen MR) is 116 cm³/mol. The second kappa shape index (κ2) is 9.36. The van der Waals surface area contributed by atoms with Crippen LogP contribution in [0.25, 0.3) is 10.9 Å². The summed E-state index contributed by atoms with van der Waals surface area (Å²) in [5.74, 6) is -0.384. The molecule has 6 nitrogen and oxygen atoms in total. The summed E-state index contributed by atoms with van der Waals surface area (Å²) in [5.41, 5.74) is 0.388. The Kier molecular flexibility index (Phi) is 6.84. The lowest BCUT2D eigenvalue weighted by atomic mass is 9.89. The monoisotopic (exact) mass is 431 g/mol. The van der Waals surface area contributed by atoms with Gasteiger partial charge >= 0.3 is 5.69 Å². The van der Waals surface area contributed by atoms with Gasteiger partial charge in [0.2, 0.25) is 0 Å². The second-order valence-corrected chi connectivity index (χ2v) is 7.42. The maximum atomic E-state index is 13.0. The number of nitrogens with zero attached hydrogens (tertiary/aromatic N) is 2. The summed E-state index contributed by atoms with van der Waals surface area (Å²) in [6.45, 7) is 2.31. The maximum Gasteiger partial charge on any atom is 0.328 e. The largest absolute Gasteiger partial charge is 0.328 e. The molecule has 1 aliphatic heterocycles. The number of rotatable bonds is 5. The molecule has 30 heavy (non-hydrogen) atoms. The molecule has 4 rings (SSSR count). The van der Waals surface area contributed by atoms with E-state index in [0.29, 0.717) is 42.4 Å². The van der Waals surface area contributed by atoms with Crippen molar-refractivity contribution in [2.45, 2.75) is 19.4 Å². The lowest BCUT2D eigenvalue weighted by molar-refractivity contribution is 0.0837. The van der Waals surface area contributed by atoms with Crippen LogP contribution in [0.5, 0.6) is 0 Å². The topological polar surface area (TPSA) is 75.2 Å². The van der Waals surface area contributed by atoms with E-state index < -0.39 is 5.69 Å². The summed E-state index contributed by atoms with van der Waals surface area (Å²) in [4.78, 5) is 42.4. The summed E-state index contributed by atoms with van der Waals surface area (Å²) in [7, 11) is 0. The van der Waals surface area contributed by atoms with E-state index >= 15 is 0 Å². The van der Waals surface area contributed by atoms with Crippen molar-refractivity contribution >= 4 is 29.1 Å². The minimum absolute atomic E-state index is 0. The van der Waals surface area contributed by atoms with Crippen LogP contribution in [0.15, 0.2) is 58.1 Å². The molecule has 1 fully saturated rings. The van der Waals surface area contributed by atoms with Crippen molar-refractivity contribution in [1.29, 1.82) is 0 Å². The number of aromatic nitrogens is 2. The molecule has 8 heteroatoms. The fourth-order valence-electron chi connectivity index (χ4n) is 3.91. The molecule has 0 spiro atoms. The predicted octanol–water partition coefficient (Wildman–Crippen LogP) is 2.85. The number of carbonyl (C=O) groups excluding carboxylic acids is 1. The van der Waals surface area contributed by atoms with Crippen molar-refractivity contribution in [3.05, 3.63) is 80.7 Å². The molecule has 1 saturated heterocycles. The normalized spacial score (nSPS) is 15.1. The SMILES string of the molecule is Cl.O=C(c1ccc(F)cc1)C1CCN(CCn2c(=O)[nH]c3ccccc3c2=O)CC1. The van der Waals surface area contributed by atoms with Gasteiger partial charge in [-0.3, -0.25) is 14.2 Å². The van der Waals surface area contributed by atoms with E-state index in [0.717, 1.165) is 13.1 Å². The third kappa shape index (κ3) is 4.52. The Morgan fingerprint density at radius 1 is 1.00 bits per heavy atom. The van der Waals surface area contributed by atoms with Crippen LogP contribution in [0.1, 0.15) is 23.2 Å². The number of carbonyl (C=O) groups is 1. The number of para-hydroxylation sites is 1. The highest BCUT2D eigenvalue weighted by molar-refractivity contribution is 5.97. The Bertz CT molecular complexity index is 1150. The van der Waals surface area contributed by atoms with E-state index in [1.165, 1.54) is 28.8 Å². The van der Waals surface area contributed by atoms with Crippen LogP contribution in [0.2, 0.25) is 0 Å². The minimum Gasteiger partial charge on any atom is -0.307 e. The number of hydrogen-bond donors (Lipinski definition) is 1. The molecule has 0 unspecified atom stereocenters. The number of H-pyrrole nitrogens is 1. The molecule has 3 aromatic rings. The molecule has 0 amide bonds. The highest BCUT2D eigenvalue weighted by atomic mass is 35.5. The molecular formula is C22H23ClFN3O3. The van der Waals surface area contributed by atoms with Gasteiger partial charge < -0.3 is 9.88 Å². The van der Waals surface area contributed by atoms with E-state index in [1.807, 2.05) is 0 Å². The third-order valence-corrected chi connectivity index (χ3v) is 5.62. The number of likely N-dealkylation sites (tertiary alicyclic amines) is 1. The van der Waals surface area contributed by atoms with E-state index in [4.69, 9.17) is 0 Å². The zero-order chi connectivity index (χ0) is 20.4. The Balaban J connectivity index is 0.00000256. The zero-order valence-corrected chi connectivity index (χ0v) is 17.2. The summed E-state index contributed by atoms with van der Waals surface area (Å²) in [6.07, 6.45) is 1.42. The smallest absolute Gasteiger partial charge is 0.307 e. The van der Waals surface area contributed by atoms with Crippen LogP contribution < -0.4 is 11.2 Å². The Hall–Kier alpha value is -2.77. The van der Waals surface area contributed by atoms with Crippen molar-refractivity contribution < 1.29 is 9.18 Å². The maximum absolute atomic E-state index is 13.0. The first-order valence-electron chi connectivity index (χ1n) is 9.77. The second-order valence-electron chi connectivity index (χ2n) is 7.42. The van der Waals surface area contributed by atoms with E-state index in [-0.39, 0.29) is 35.5 Å². The fourth-order valence-corrected chi connectivity index (χ4v) is 3.91. The van der Waals surface area contributed by atoms with Crippen LogP contribution >= 0.6 is 12.4 Å². The number of Topliss-reactive ketones (excluding diaryl/α,β-unsaturated/α-hetero) is 1. The Morgan fingerprint density at radius 3 is 2.37 bits per heavy atom. The first-order valence-corrected chi connectivity index (χ1v) is 9.77. The molecule has 2 aromatic carbocycles. The molecule has 1 aromatic heterocycles. The van der Waals surface area contributed by atoms with Crippen LogP contribution in [-0.4, -0.2) is 39.9 Å². The molecule has 1 aliphatic rings. The zero-order valence-electron chi connectivity index (χ0n) is 16.3. The lowest BCUT2D eigenvalue weighted by Gasteiger charge is -2.31. The molecule has 0 saturated carbocycles. The number of fused-ring (bicyclic) bond motifs is 1. The van der Waals surface area contributed by atoms with E-state index in [9.17, 15) is 18.8 Å². The van der Waals surface area contributed by atoms with Gasteiger partial charge in [0.15, 0.2) is 5.78 Å². The van der Waals surface area contributed by atoms with Gasteiger partial charge in [0.1, 0.15) is 5.82 Å². The molecular weight excluding hydrogens is 409 g/mol. The standard InChI is InChI=1S/C22H22FN3O3.ClH/c23-17-7-5-15(6-8-17)20(27)16-9-11-25(12-10-16)13-14-26-21(28)18-3-1-2-4-19(18)24-22(26)29;/h1-8,16H,9-14H2,(H,24,29);1H. The summed E-state index contributed by atoms with van der Waals surface area (Å²) >= 11 is 0. The van der Waals surface area contributed by atoms with Gasteiger partial charge in [-0.25, -0.2) is 9.18 Å². The third-order valence-electron chi connectivity index (χ3n) is 5.62. The van der Waals surface area contributed by atoms with Gasteiger partial charge in [0, 0.05) is 24.6 Å². The van der Waals surface area contributed by atoms with Crippen molar-refractivity contribution in [2.75, 3.05) is 19.6 Å². The van der Waals surface area contributed by atoms with Crippen molar-refractivity contribution in [1.82, 2.24) is 14.5 Å². The lowest BCUT2D eigenvalue weighted by Crippen LogP contribution is -2.42. The molecule has 2 heterocycles. The quantitative estimate of drug-likeness (QED) is 0.630. The van der Waals surface area contributed by atoms with Crippen molar-refractivity contribution in [3.8, 4) is 0 Å². The van der Waals surface area contributed by atoms with Gasteiger partial charge in [0.05, 0.1) is 10.9 Å². The summed E-state index contributed by atoms with van der Waals surface area (Å²) < 4.78 is 14.3. The van der Waals surface area contributed by atoms with Crippen LogP contribution in [0.3, 0.4) is 0 Å². The van der Waals surface area contributed by atoms with Gasteiger partial charge in [0.25, 0.3) is 5.56 Å². The van der Waals surface area contributed by atoms with Gasteiger partial charge in [-0.05, 0) is 62.3 Å². The number of benzene rings is 2. The van der Waals surface area contributed by atoms with Crippen LogP contribution in [-0.2, 0) is 6.54 Å². The van der Waals surface area contributed by atoms with E-state index in [1.54, 1.807) is 24.3 Å². The fraction of sp³-hybridized carbons (Fsp3) is 0.318. The van der Waals surface area contributed by atoms with Gasteiger partial charge in [-0.2, -0.15) is 0 Å². The number of aromatic amines is 1. The summed E-state index contributed by atoms with van der Waals surface area (Å²) in [6, 6.07) is 12.6. The average Bonchev–Trinajstić information content (AvgIpc) is 2.74. The number of ketones is 1. The molecule has 0 atom stereocenters. The molecule has 0 bridgehead atoms. The molecule has 158 valence electrons. The van der Waals surface area contributed by atoms with Gasteiger partial charge in [-0.15, -0.1) is 12.4 Å². The van der Waals surface area contributed by atoms with Crippen molar-refractivity contribution in [3.63, 3.8) is 0 Å². The van der Waals surface area contributed by atoms with E-state index in [2.05, 4.69) is 9.88 Å². The Labute approximate surface area is 178 Å². The number of piperidine rings is 1. The number of halogens is 2. The number of hydrogen-bond acceptors (Lipinski definition) is 4. The van der Waals surface area contributed by atoms with Crippen LogP contribution in [0.4, 0.5) is 4.39 Å². The minimum atomic E-state index is -0.407. The van der Waals surface area contributed by atoms with Crippen LogP contribution in [0, 0.1) is 11.7 Å². The van der Waals surface area contributed by atoms with Crippen molar-refractivity contribution in [2.24, 2.45) is 5.92 Å². The Morgan fingerprint density at radius 2 is 1.67 bits per heavy atom. The first kappa shape index (κ1) is 21.9. The molecule has 0 radical (unpaired) electrons. The average molecular weight is 432 g/mol. The molecule has 1 N–H and O–H groups in total. The number of nitrogens with one attached hydrogen (secondary N) is 1. The summed E-state index contributed by atoms with van der Waals surface area (Å²) in [5, 5.41) is 0.496.